The van der Waals surface area contributed by atoms with E-state index in [1.807, 2.05) is 6.07 Å². The van der Waals surface area contributed by atoms with E-state index in [0.29, 0.717) is 39.2 Å². The zero-order valence-corrected chi connectivity index (χ0v) is 17.7. The lowest BCUT2D eigenvalue weighted by molar-refractivity contribution is 0.102. The number of anilines is 2. The molecule has 3 aromatic carbocycles. The highest BCUT2D eigenvalue weighted by atomic mass is 16.2. The second-order valence-electron chi connectivity index (χ2n) is 7.39. The zero-order chi connectivity index (χ0) is 23.5. The van der Waals surface area contributed by atoms with Gasteiger partial charge in [0.25, 0.3) is 17.4 Å². The van der Waals surface area contributed by atoms with Crippen LogP contribution in [0.15, 0.2) is 96.2 Å². The number of hydrogen-bond acceptors (Lipinski definition) is 5. The van der Waals surface area contributed by atoms with Crippen molar-refractivity contribution in [3.8, 4) is 5.69 Å². The third kappa shape index (κ3) is 4.05. The lowest BCUT2D eigenvalue weighted by Gasteiger charge is -2.12. The molecule has 0 aliphatic carbocycles. The van der Waals surface area contributed by atoms with Gasteiger partial charge in [0.05, 0.1) is 23.9 Å². The van der Waals surface area contributed by atoms with E-state index in [1.165, 1.54) is 17.2 Å². The van der Waals surface area contributed by atoms with Gasteiger partial charge in [-0.2, -0.15) is 5.10 Å². The fourth-order valence-corrected chi connectivity index (χ4v) is 3.49. The van der Waals surface area contributed by atoms with Gasteiger partial charge < -0.3 is 15.6 Å². The fraction of sp³-hybridized carbons (Fsp3) is 0. The number of H-pyrrole nitrogens is 1. The van der Waals surface area contributed by atoms with Crippen LogP contribution in [0.5, 0.6) is 0 Å². The monoisotopic (exact) mass is 450 g/mol. The number of aromatic amines is 1. The van der Waals surface area contributed by atoms with Crippen molar-refractivity contribution in [2.75, 3.05) is 10.6 Å². The average Bonchev–Trinajstić information content (AvgIpc) is 3.31. The largest absolute Gasteiger partial charge is 0.322 e. The van der Waals surface area contributed by atoms with Crippen LogP contribution in [0.1, 0.15) is 20.7 Å². The minimum Gasteiger partial charge on any atom is -0.322 e. The van der Waals surface area contributed by atoms with E-state index >= 15 is 0 Å². The van der Waals surface area contributed by atoms with Crippen LogP contribution in [0, 0.1) is 0 Å². The molecule has 2 amide bonds. The number of nitrogens with one attached hydrogen (secondary N) is 3. The van der Waals surface area contributed by atoms with Crippen molar-refractivity contribution in [1.29, 1.82) is 0 Å². The minimum absolute atomic E-state index is 0.231. The van der Waals surface area contributed by atoms with Gasteiger partial charge in [-0.3, -0.25) is 14.4 Å². The van der Waals surface area contributed by atoms with E-state index in [9.17, 15) is 14.4 Å². The maximum absolute atomic E-state index is 12.9. The van der Waals surface area contributed by atoms with Crippen LogP contribution in [0.3, 0.4) is 0 Å². The van der Waals surface area contributed by atoms with Gasteiger partial charge in [-0.05, 0) is 48.5 Å². The van der Waals surface area contributed by atoms with E-state index < -0.39 is 0 Å². The summed E-state index contributed by atoms with van der Waals surface area (Å²) in [7, 11) is 0. The summed E-state index contributed by atoms with van der Waals surface area (Å²) in [6.07, 6.45) is 2.74. The molecule has 0 fully saturated rings. The highest BCUT2D eigenvalue weighted by molar-refractivity contribution is 6.07. The molecule has 0 saturated carbocycles. The Balaban J connectivity index is 1.36. The summed E-state index contributed by atoms with van der Waals surface area (Å²) in [4.78, 5) is 44.0. The van der Waals surface area contributed by atoms with Crippen LogP contribution in [0.25, 0.3) is 16.7 Å². The molecule has 5 aromatic rings. The number of amides is 2. The van der Waals surface area contributed by atoms with Crippen LogP contribution < -0.4 is 16.2 Å². The summed E-state index contributed by atoms with van der Waals surface area (Å²) < 4.78 is 1.50. The molecule has 0 aliphatic heterocycles. The Hall–Kier alpha value is -5.05. The Morgan fingerprint density at radius 1 is 0.794 bits per heavy atom. The van der Waals surface area contributed by atoms with Crippen molar-refractivity contribution >= 4 is 34.2 Å². The minimum atomic E-state index is -0.337. The predicted octanol–water partition coefficient (Wildman–Crippen LogP) is 3.61. The van der Waals surface area contributed by atoms with E-state index in [2.05, 4.69) is 25.7 Å². The molecule has 0 aliphatic rings. The van der Waals surface area contributed by atoms with Crippen molar-refractivity contribution in [2.45, 2.75) is 0 Å². The number of fused-ring (bicyclic) bond motifs is 1. The summed E-state index contributed by atoms with van der Waals surface area (Å²) >= 11 is 0. The molecule has 0 bridgehead atoms. The molecular weight excluding hydrogens is 432 g/mol. The number of rotatable bonds is 5. The molecule has 0 radical (unpaired) electrons. The van der Waals surface area contributed by atoms with Crippen molar-refractivity contribution < 1.29 is 9.59 Å². The van der Waals surface area contributed by atoms with Gasteiger partial charge in [-0.25, -0.2) is 9.67 Å². The molecule has 0 unspecified atom stereocenters. The third-order valence-electron chi connectivity index (χ3n) is 5.19. The molecule has 0 atom stereocenters. The van der Waals surface area contributed by atoms with Crippen molar-refractivity contribution in [3.05, 3.63) is 113 Å². The predicted molar refractivity (Wildman–Crippen MR) is 128 cm³/mol. The normalized spacial score (nSPS) is 10.7. The Labute approximate surface area is 193 Å². The first-order valence-electron chi connectivity index (χ1n) is 10.4. The SMILES string of the molecule is O=C(Nc1ccc(C(=O)Nc2ccccc2-n2ncc3c(=O)[nH]cnc32)cc1)c1ccccc1. The van der Waals surface area contributed by atoms with Crippen molar-refractivity contribution in [2.24, 2.45) is 0 Å². The summed E-state index contributed by atoms with van der Waals surface area (Å²) in [6, 6.07) is 22.6. The molecule has 5 rings (SSSR count). The van der Waals surface area contributed by atoms with Crippen LogP contribution in [0.4, 0.5) is 11.4 Å². The number of carbonyl (C=O) groups excluding carboxylic acids is 2. The van der Waals surface area contributed by atoms with Gasteiger partial charge in [-0.15, -0.1) is 0 Å². The van der Waals surface area contributed by atoms with Gasteiger partial charge in [0.1, 0.15) is 5.39 Å². The number of aromatic nitrogens is 4. The number of benzene rings is 3. The van der Waals surface area contributed by atoms with Crippen molar-refractivity contribution in [3.63, 3.8) is 0 Å². The number of carbonyl (C=O) groups is 2. The summed E-state index contributed by atoms with van der Waals surface area (Å²) in [5, 5.41) is 10.3. The summed E-state index contributed by atoms with van der Waals surface area (Å²) in [6.45, 7) is 0. The molecule has 2 heterocycles. The van der Waals surface area contributed by atoms with Gasteiger partial charge in [0, 0.05) is 16.8 Å². The lowest BCUT2D eigenvalue weighted by atomic mass is 10.1. The zero-order valence-electron chi connectivity index (χ0n) is 17.7. The molecule has 9 nitrogen and oxygen atoms in total. The van der Waals surface area contributed by atoms with Crippen molar-refractivity contribution in [1.82, 2.24) is 19.7 Å². The number of nitrogens with zero attached hydrogens (tertiary/aromatic N) is 3. The van der Waals surface area contributed by atoms with Crippen LogP contribution in [-0.4, -0.2) is 31.6 Å². The summed E-state index contributed by atoms with van der Waals surface area (Å²) in [5.41, 5.74) is 2.68. The first kappa shape index (κ1) is 20.8. The molecular formula is C25H18N6O3. The van der Waals surface area contributed by atoms with E-state index in [4.69, 9.17) is 0 Å². The van der Waals surface area contributed by atoms with Crippen LogP contribution in [-0.2, 0) is 0 Å². The maximum atomic E-state index is 12.9. The van der Waals surface area contributed by atoms with Gasteiger partial charge >= 0.3 is 0 Å². The quantitative estimate of drug-likeness (QED) is 0.378. The standard InChI is InChI=1S/C25H18N6O3/c32-23(16-6-2-1-3-7-16)29-18-12-10-17(11-13-18)24(33)30-20-8-4-5-9-21(20)31-22-19(14-28-31)25(34)27-15-26-22/h1-15H,(H,29,32)(H,30,33)(H,26,27,34). The Morgan fingerprint density at radius 3 is 2.26 bits per heavy atom. The smallest absolute Gasteiger partial charge is 0.261 e. The van der Waals surface area contributed by atoms with E-state index in [1.54, 1.807) is 72.8 Å². The molecule has 9 heteroatoms. The number of para-hydroxylation sites is 2. The topological polar surface area (TPSA) is 122 Å². The Morgan fingerprint density at radius 2 is 1.47 bits per heavy atom. The van der Waals surface area contributed by atoms with Gasteiger partial charge in [0.15, 0.2) is 5.65 Å². The Bertz CT molecular complexity index is 1560. The Kier molecular flexibility index (Phi) is 5.41. The molecule has 34 heavy (non-hydrogen) atoms. The number of hydrogen-bond donors (Lipinski definition) is 3. The van der Waals surface area contributed by atoms with Gasteiger partial charge in [0.2, 0.25) is 0 Å². The molecule has 0 saturated heterocycles. The fourth-order valence-electron chi connectivity index (χ4n) is 3.49. The highest BCUT2D eigenvalue weighted by Crippen LogP contribution is 2.23. The van der Waals surface area contributed by atoms with Gasteiger partial charge in [-0.1, -0.05) is 30.3 Å². The second-order valence-corrected chi connectivity index (χ2v) is 7.39. The second kappa shape index (κ2) is 8.83. The van der Waals surface area contributed by atoms with E-state index in [-0.39, 0.29) is 17.4 Å². The first-order chi connectivity index (χ1) is 16.6. The van der Waals surface area contributed by atoms with Crippen LogP contribution >= 0.6 is 0 Å². The molecule has 166 valence electrons. The molecule has 3 N–H and O–H groups in total. The first-order valence-corrected chi connectivity index (χ1v) is 10.4. The third-order valence-corrected chi connectivity index (χ3v) is 5.19. The summed E-state index contributed by atoms with van der Waals surface area (Å²) in [5.74, 6) is -0.568. The lowest BCUT2D eigenvalue weighted by Crippen LogP contribution is -2.15. The highest BCUT2D eigenvalue weighted by Gasteiger charge is 2.15. The molecule has 0 spiro atoms. The van der Waals surface area contributed by atoms with E-state index in [0.717, 1.165) is 0 Å². The maximum Gasteiger partial charge on any atom is 0.261 e. The molecule has 2 aromatic heterocycles. The van der Waals surface area contributed by atoms with Crippen LogP contribution in [0.2, 0.25) is 0 Å². The average molecular weight is 450 g/mol.